The maximum Gasteiger partial charge on any atom is 0.228 e. The third kappa shape index (κ3) is 2.84. The summed E-state index contributed by atoms with van der Waals surface area (Å²) in [5.41, 5.74) is 0.472. The van der Waals surface area contributed by atoms with Crippen molar-refractivity contribution in [2.75, 3.05) is 0 Å². The van der Waals surface area contributed by atoms with Gasteiger partial charge >= 0.3 is 0 Å². The largest absolute Gasteiger partial charge is 0.438 e. The number of rotatable bonds is 3. The van der Waals surface area contributed by atoms with E-state index in [0.29, 0.717) is 11.3 Å². The molecule has 1 aromatic carbocycles. The molecule has 0 saturated heterocycles. The minimum absolute atomic E-state index is 0.115. The Bertz CT molecular complexity index is 537. The van der Waals surface area contributed by atoms with Gasteiger partial charge in [0.2, 0.25) is 5.88 Å². The lowest BCUT2D eigenvalue weighted by Gasteiger charge is -2.08. The van der Waals surface area contributed by atoms with Crippen molar-refractivity contribution in [3.63, 3.8) is 0 Å². The van der Waals surface area contributed by atoms with Crippen LogP contribution in [0.2, 0.25) is 5.15 Å². The van der Waals surface area contributed by atoms with Gasteiger partial charge in [0.05, 0.1) is 11.4 Å². The molecule has 88 valence electrons. The molecule has 0 bridgehead atoms. The van der Waals surface area contributed by atoms with Crippen molar-refractivity contribution < 1.29 is 9.13 Å². The molecule has 0 spiro atoms. The lowest BCUT2D eigenvalue weighted by Crippen LogP contribution is -1.96. The van der Waals surface area contributed by atoms with E-state index in [0.717, 1.165) is 0 Å². The fourth-order valence-corrected chi connectivity index (χ4v) is 1.72. The lowest BCUT2D eigenvalue weighted by molar-refractivity contribution is 0.452. The first kappa shape index (κ1) is 12.1. The summed E-state index contributed by atoms with van der Waals surface area (Å²) in [6.45, 7) is 0. The van der Waals surface area contributed by atoms with Crippen LogP contribution in [0, 0.1) is 5.82 Å². The summed E-state index contributed by atoms with van der Waals surface area (Å²) in [6.07, 6.45) is 1.26. The summed E-state index contributed by atoms with van der Waals surface area (Å²) in [4.78, 5) is 7.70. The second-order valence-corrected chi connectivity index (χ2v) is 3.77. The van der Waals surface area contributed by atoms with E-state index in [-0.39, 0.29) is 16.9 Å². The van der Waals surface area contributed by atoms with Crippen molar-refractivity contribution in [2.45, 2.75) is 5.88 Å². The highest BCUT2D eigenvalue weighted by atomic mass is 35.5. The first-order valence-corrected chi connectivity index (χ1v) is 5.60. The predicted octanol–water partition coefficient (Wildman–Crippen LogP) is 3.80. The molecular formula is C11H7Cl2FN2O. The molecule has 0 aliphatic heterocycles. The van der Waals surface area contributed by atoms with Crippen LogP contribution in [0.1, 0.15) is 5.56 Å². The average molecular weight is 273 g/mol. The monoisotopic (exact) mass is 272 g/mol. The van der Waals surface area contributed by atoms with Crippen LogP contribution < -0.4 is 4.74 Å². The summed E-state index contributed by atoms with van der Waals surface area (Å²) in [7, 11) is 0. The van der Waals surface area contributed by atoms with Gasteiger partial charge in [-0.05, 0) is 12.1 Å². The lowest BCUT2D eigenvalue weighted by atomic mass is 10.3. The zero-order valence-electron chi connectivity index (χ0n) is 8.53. The molecular weight excluding hydrogens is 266 g/mol. The van der Waals surface area contributed by atoms with Crippen LogP contribution in [0.3, 0.4) is 0 Å². The number of hydrogen-bond donors (Lipinski definition) is 0. The minimum atomic E-state index is -0.393. The van der Waals surface area contributed by atoms with Gasteiger partial charge in [-0.2, -0.15) is 0 Å². The van der Waals surface area contributed by atoms with Crippen LogP contribution >= 0.6 is 23.2 Å². The first-order valence-electron chi connectivity index (χ1n) is 4.69. The summed E-state index contributed by atoms with van der Waals surface area (Å²) in [5, 5.41) is 0.224. The van der Waals surface area contributed by atoms with E-state index in [1.165, 1.54) is 24.5 Å². The SMILES string of the molecule is Fc1cccc(Oc2ncnc(Cl)c2CCl)c1. The number of halogens is 3. The summed E-state index contributed by atoms with van der Waals surface area (Å²) in [6, 6.07) is 5.71. The Balaban J connectivity index is 2.33. The van der Waals surface area contributed by atoms with E-state index in [9.17, 15) is 4.39 Å². The van der Waals surface area contributed by atoms with E-state index in [4.69, 9.17) is 27.9 Å². The highest BCUT2D eigenvalue weighted by Crippen LogP contribution is 2.28. The Labute approximate surface area is 107 Å². The molecule has 1 aromatic heterocycles. The number of nitrogens with zero attached hydrogens (tertiary/aromatic N) is 2. The fraction of sp³-hybridized carbons (Fsp3) is 0.0909. The third-order valence-electron chi connectivity index (χ3n) is 2.00. The van der Waals surface area contributed by atoms with E-state index >= 15 is 0 Å². The van der Waals surface area contributed by atoms with Gasteiger partial charge in [0.25, 0.3) is 0 Å². The molecule has 6 heteroatoms. The van der Waals surface area contributed by atoms with Gasteiger partial charge in [0.1, 0.15) is 23.0 Å². The highest BCUT2D eigenvalue weighted by molar-refractivity contribution is 6.31. The normalized spacial score (nSPS) is 10.3. The maximum atomic E-state index is 13.0. The van der Waals surface area contributed by atoms with Crippen LogP contribution in [-0.4, -0.2) is 9.97 Å². The standard InChI is InChI=1S/C11H7Cl2FN2O/c12-5-9-10(13)15-6-16-11(9)17-8-3-1-2-7(14)4-8/h1-4,6H,5H2. The number of aromatic nitrogens is 2. The van der Waals surface area contributed by atoms with E-state index in [1.807, 2.05) is 0 Å². The molecule has 2 rings (SSSR count). The van der Waals surface area contributed by atoms with Crippen molar-refractivity contribution in [1.29, 1.82) is 0 Å². The topological polar surface area (TPSA) is 35.0 Å². The maximum absolute atomic E-state index is 13.0. The Morgan fingerprint density at radius 2 is 2.12 bits per heavy atom. The quantitative estimate of drug-likeness (QED) is 0.630. The molecule has 0 atom stereocenters. The van der Waals surface area contributed by atoms with Crippen molar-refractivity contribution >= 4 is 23.2 Å². The van der Waals surface area contributed by atoms with Crippen LogP contribution in [0.5, 0.6) is 11.6 Å². The number of hydrogen-bond acceptors (Lipinski definition) is 3. The Hall–Kier alpha value is -1.39. The third-order valence-corrected chi connectivity index (χ3v) is 2.59. The van der Waals surface area contributed by atoms with Gasteiger partial charge in [-0.15, -0.1) is 11.6 Å². The molecule has 0 saturated carbocycles. The molecule has 0 N–H and O–H groups in total. The van der Waals surface area contributed by atoms with Gasteiger partial charge in [-0.1, -0.05) is 17.7 Å². The molecule has 3 nitrogen and oxygen atoms in total. The van der Waals surface area contributed by atoms with Gasteiger partial charge in [-0.3, -0.25) is 0 Å². The van der Waals surface area contributed by atoms with E-state index in [2.05, 4.69) is 9.97 Å². The van der Waals surface area contributed by atoms with E-state index in [1.54, 1.807) is 6.07 Å². The molecule has 0 unspecified atom stereocenters. The minimum Gasteiger partial charge on any atom is -0.438 e. The second-order valence-electron chi connectivity index (χ2n) is 3.14. The van der Waals surface area contributed by atoms with Crippen LogP contribution in [0.15, 0.2) is 30.6 Å². The van der Waals surface area contributed by atoms with Gasteiger partial charge in [0, 0.05) is 6.07 Å². The fourth-order valence-electron chi connectivity index (χ4n) is 1.22. The van der Waals surface area contributed by atoms with Crippen molar-refractivity contribution in [3.05, 3.63) is 47.1 Å². The number of ether oxygens (including phenoxy) is 1. The Morgan fingerprint density at radius 1 is 1.29 bits per heavy atom. The van der Waals surface area contributed by atoms with Gasteiger partial charge in [-0.25, -0.2) is 14.4 Å². The van der Waals surface area contributed by atoms with Gasteiger partial charge in [0.15, 0.2) is 0 Å². The zero-order valence-corrected chi connectivity index (χ0v) is 10.0. The molecule has 0 fully saturated rings. The molecule has 1 heterocycles. The molecule has 17 heavy (non-hydrogen) atoms. The Morgan fingerprint density at radius 3 is 2.82 bits per heavy atom. The zero-order chi connectivity index (χ0) is 12.3. The molecule has 2 aromatic rings. The predicted molar refractivity (Wildman–Crippen MR) is 63.1 cm³/mol. The highest BCUT2D eigenvalue weighted by Gasteiger charge is 2.11. The van der Waals surface area contributed by atoms with Crippen molar-refractivity contribution in [3.8, 4) is 11.6 Å². The first-order chi connectivity index (χ1) is 8.20. The van der Waals surface area contributed by atoms with Crippen LogP contribution in [0.25, 0.3) is 0 Å². The van der Waals surface area contributed by atoms with Crippen molar-refractivity contribution in [2.24, 2.45) is 0 Å². The summed E-state index contributed by atoms with van der Waals surface area (Å²) < 4.78 is 18.4. The van der Waals surface area contributed by atoms with Crippen LogP contribution in [-0.2, 0) is 5.88 Å². The smallest absolute Gasteiger partial charge is 0.228 e. The Kier molecular flexibility index (Phi) is 3.76. The second kappa shape index (κ2) is 5.29. The molecule has 0 aliphatic carbocycles. The van der Waals surface area contributed by atoms with Crippen molar-refractivity contribution in [1.82, 2.24) is 9.97 Å². The van der Waals surface area contributed by atoms with Gasteiger partial charge < -0.3 is 4.74 Å². The molecule has 0 radical (unpaired) electrons. The number of benzene rings is 1. The number of alkyl halides is 1. The molecule has 0 amide bonds. The molecule has 0 aliphatic rings. The summed E-state index contributed by atoms with van der Waals surface area (Å²) >= 11 is 11.6. The average Bonchev–Trinajstić information content (AvgIpc) is 2.29. The van der Waals surface area contributed by atoms with Crippen LogP contribution in [0.4, 0.5) is 4.39 Å². The summed E-state index contributed by atoms with van der Waals surface area (Å²) in [5.74, 6) is 0.274. The van der Waals surface area contributed by atoms with E-state index < -0.39 is 5.82 Å².